The van der Waals surface area contributed by atoms with Gasteiger partial charge in [-0.15, -0.1) is 0 Å². The standard InChI is InChI=1S/C15H12Cl2N6O3.CH4/c16-8-2-1-3-9(17)12(8)22-23-14(11(18)13(19)24)21-10-5-4-7(6-20-10)15(25)26;/h1-6,18,22H,(H2,19,24)(H,25,26)(H,20,21,23);1H4. The number of primary amides is 1. The summed E-state index contributed by atoms with van der Waals surface area (Å²) in [6, 6.07) is 7.39. The van der Waals surface area contributed by atoms with Crippen molar-refractivity contribution in [1.29, 1.82) is 5.41 Å². The number of hydrogen-bond acceptors (Lipinski definition) is 6. The molecule has 2 rings (SSSR count). The number of anilines is 1. The highest BCUT2D eigenvalue weighted by molar-refractivity contribution is 6.65. The maximum Gasteiger partial charge on any atom is 0.337 e. The maximum atomic E-state index is 11.3. The Bertz CT molecular complexity index is 879. The molecule has 11 heteroatoms. The van der Waals surface area contributed by atoms with Crippen molar-refractivity contribution in [3.8, 4) is 0 Å². The normalized spacial score (nSPS) is 10.5. The zero-order valence-electron chi connectivity index (χ0n) is 13.0. The van der Waals surface area contributed by atoms with E-state index in [1.807, 2.05) is 0 Å². The summed E-state index contributed by atoms with van der Waals surface area (Å²) in [5.74, 6) is -2.39. The van der Waals surface area contributed by atoms with Gasteiger partial charge in [0.2, 0.25) is 0 Å². The number of amides is 1. The first kappa shape index (κ1) is 21.9. The molecular formula is C16H16Cl2N6O3. The number of nitrogens with two attached hydrogens (primary N) is 1. The van der Waals surface area contributed by atoms with E-state index >= 15 is 0 Å². The Kier molecular flexibility index (Phi) is 7.70. The van der Waals surface area contributed by atoms with Crippen LogP contribution in [-0.4, -0.2) is 33.5 Å². The predicted molar refractivity (Wildman–Crippen MR) is 105 cm³/mol. The molecule has 6 N–H and O–H groups in total. The van der Waals surface area contributed by atoms with E-state index in [2.05, 4.69) is 20.8 Å². The summed E-state index contributed by atoms with van der Waals surface area (Å²) in [5, 5.41) is 17.2. The third-order valence-electron chi connectivity index (χ3n) is 2.97. The molecule has 0 atom stereocenters. The lowest BCUT2D eigenvalue weighted by Gasteiger charge is -2.14. The molecule has 0 aliphatic carbocycles. The monoisotopic (exact) mass is 410 g/mol. The highest BCUT2D eigenvalue weighted by Gasteiger charge is 2.15. The van der Waals surface area contributed by atoms with Crippen LogP contribution in [0.25, 0.3) is 0 Å². The number of nitrogens with one attached hydrogen (secondary N) is 3. The largest absolute Gasteiger partial charge is 0.478 e. The Balaban J connectivity index is 0.00000364. The van der Waals surface area contributed by atoms with E-state index in [0.29, 0.717) is 15.7 Å². The Morgan fingerprint density at radius 3 is 2.30 bits per heavy atom. The fourth-order valence-electron chi connectivity index (χ4n) is 1.70. The number of carboxylic acids is 1. The van der Waals surface area contributed by atoms with Crippen LogP contribution in [0.2, 0.25) is 10.0 Å². The fourth-order valence-corrected chi connectivity index (χ4v) is 2.19. The number of aromatic nitrogens is 1. The summed E-state index contributed by atoms with van der Waals surface area (Å²) in [6.45, 7) is 0. The van der Waals surface area contributed by atoms with Crippen LogP contribution in [0, 0.1) is 5.41 Å². The minimum atomic E-state index is -1.15. The van der Waals surface area contributed by atoms with E-state index in [1.165, 1.54) is 12.1 Å². The Morgan fingerprint density at radius 2 is 1.81 bits per heavy atom. The van der Waals surface area contributed by atoms with Gasteiger partial charge in [0.15, 0.2) is 17.4 Å². The predicted octanol–water partition coefficient (Wildman–Crippen LogP) is 2.87. The number of benzene rings is 1. The number of halogens is 2. The molecule has 0 radical (unpaired) electrons. The van der Waals surface area contributed by atoms with Gasteiger partial charge < -0.3 is 10.8 Å². The number of hydrazine groups is 1. The topological polar surface area (TPSA) is 154 Å². The summed E-state index contributed by atoms with van der Waals surface area (Å²) in [4.78, 5) is 30.0. The lowest BCUT2D eigenvalue weighted by molar-refractivity contribution is -0.111. The van der Waals surface area contributed by atoms with E-state index in [4.69, 9.17) is 39.5 Å². The average Bonchev–Trinajstić information content (AvgIpc) is 2.60. The van der Waals surface area contributed by atoms with Crippen molar-refractivity contribution in [1.82, 2.24) is 10.4 Å². The van der Waals surface area contributed by atoms with E-state index in [-0.39, 0.29) is 24.6 Å². The Hall–Kier alpha value is -3.17. The number of nitrogens with zero attached hydrogens (tertiary/aromatic N) is 2. The highest BCUT2D eigenvalue weighted by atomic mass is 35.5. The second kappa shape index (κ2) is 9.51. The first-order chi connectivity index (χ1) is 12.3. The molecule has 142 valence electrons. The van der Waals surface area contributed by atoms with Crippen LogP contribution >= 0.6 is 23.2 Å². The molecule has 2 aromatic rings. The molecule has 0 unspecified atom stereocenters. The van der Waals surface area contributed by atoms with Crippen molar-refractivity contribution in [2.75, 3.05) is 5.43 Å². The molecule has 0 fully saturated rings. The number of pyridine rings is 1. The van der Waals surface area contributed by atoms with Crippen LogP contribution in [-0.2, 0) is 4.79 Å². The molecule has 0 spiro atoms. The number of carboxylic acid groups (broad SMARTS) is 1. The SMILES string of the molecule is C.N=C(C(N)=O)C(=Nc1ccc(C(=O)O)cn1)NNc1c(Cl)cccc1Cl. The van der Waals surface area contributed by atoms with Crippen LogP contribution in [0.4, 0.5) is 11.5 Å². The molecule has 27 heavy (non-hydrogen) atoms. The minimum Gasteiger partial charge on any atom is -0.478 e. The Labute approximate surface area is 164 Å². The quantitative estimate of drug-likeness (QED) is 0.280. The second-order valence-corrected chi connectivity index (χ2v) is 5.57. The van der Waals surface area contributed by atoms with Gasteiger partial charge in [-0.05, 0) is 24.3 Å². The molecule has 0 saturated heterocycles. The maximum absolute atomic E-state index is 11.3. The van der Waals surface area contributed by atoms with Gasteiger partial charge in [0.25, 0.3) is 5.91 Å². The molecule has 0 aliphatic heterocycles. The minimum absolute atomic E-state index is 0. The number of aliphatic imine (C=N–C) groups is 1. The summed E-state index contributed by atoms with van der Waals surface area (Å²) < 4.78 is 0. The van der Waals surface area contributed by atoms with Crippen molar-refractivity contribution in [3.63, 3.8) is 0 Å². The zero-order chi connectivity index (χ0) is 19.3. The molecule has 1 aromatic carbocycles. The summed E-state index contributed by atoms with van der Waals surface area (Å²) in [5.41, 5.74) is 9.94. The number of rotatable bonds is 6. The first-order valence-electron chi connectivity index (χ1n) is 6.92. The summed E-state index contributed by atoms with van der Waals surface area (Å²) in [6.07, 6.45) is 1.09. The molecular weight excluding hydrogens is 395 g/mol. The molecule has 0 saturated carbocycles. The zero-order valence-corrected chi connectivity index (χ0v) is 14.5. The third-order valence-corrected chi connectivity index (χ3v) is 3.60. The molecule has 1 heterocycles. The van der Waals surface area contributed by atoms with Crippen LogP contribution in [0.1, 0.15) is 17.8 Å². The second-order valence-electron chi connectivity index (χ2n) is 4.76. The van der Waals surface area contributed by atoms with E-state index in [1.54, 1.807) is 18.2 Å². The fraction of sp³-hybridized carbons (Fsp3) is 0.0625. The number of para-hydroxylation sites is 1. The molecule has 9 nitrogen and oxygen atoms in total. The Morgan fingerprint density at radius 1 is 1.19 bits per heavy atom. The molecule has 1 amide bonds. The van der Waals surface area contributed by atoms with E-state index in [0.717, 1.165) is 6.20 Å². The van der Waals surface area contributed by atoms with Gasteiger partial charge in [0.1, 0.15) is 0 Å². The van der Waals surface area contributed by atoms with Gasteiger partial charge in [0, 0.05) is 6.20 Å². The molecule has 1 aromatic heterocycles. The number of amidine groups is 1. The van der Waals surface area contributed by atoms with Gasteiger partial charge >= 0.3 is 5.97 Å². The number of carbonyl (C=O) groups is 2. The summed E-state index contributed by atoms with van der Waals surface area (Å²) in [7, 11) is 0. The number of aromatic carboxylic acids is 1. The smallest absolute Gasteiger partial charge is 0.337 e. The lowest BCUT2D eigenvalue weighted by atomic mass is 10.3. The van der Waals surface area contributed by atoms with Crippen molar-refractivity contribution < 1.29 is 14.7 Å². The third kappa shape index (κ3) is 5.66. The molecule has 0 aliphatic rings. The lowest BCUT2D eigenvalue weighted by Crippen LogP contribution is -2.41. The van der Waals surface area contributed by atoms with Gasteiger partial charge in [0.05, 0.1) is 21.3 Å². The van der Waals surface area contributed by atoms with Gasteiger partial charge in [-0.2, -0.15) is 0 Å². The van der Waals surface area contributed by atoms with Crippen molar-refractivity contribution in [2.45, 2.75) is 7.43 Å². The van der Waals surface area contributed by atoms with Gasteiger partial charge in [-0.1, -0.05) is 36.7 Å². The average molecular weight is 411 g/mol. The van der Waals surface area contributed by atoms with Gasteiger partial charge in [-0.25, -0.2) is 14.8 Å². The van der Waals surface area contributed by atoms with Crippen LogP contribution in [0.3, 0.4) is 0 Å². The van der Waals surface area contributed by atoms with Crippen molar-refractivity contribution in [3.05, 3.63) is 52.1 Å². The van der Waals surface area contributed by atoms with Crippen molar-refractivity contribution >= 4 is 58.1 Å². The van der Waals surface area contributed by atoms with E-state index < -0.39 is 17.6 Å². The number of hydrogen-bond donors (Lipinski definition) is 5. The number of carbonyl (C=O) groups excluding carboxylic acids is 1. The first-order valence-corrected chi connectivity index (χ1v) is 7.68. The van der Waals surface area contributed by atoms with Crippen molar-refractivity contribution in [2.24, 2.45) is 10.7 Å². The van der Waals surface area contributed by atoms with Crippen LogP contribution in [0.15, 0.2) is 41.5 Å². The highest BCUT2D eigenvalue weighted by Crippen LogP contribution is 2.29. The van der Waals surface area contributed by atoms with E-state index in [9.17, 15) is 9.59 Å². The van der Waals surface area contributed by atoms with Crippen LogP contribution < -0.4 is 16.6 Å². The molecule has 0 bridgehead atoms. The van der Waals surface area contributed by atoms with Crippen LogP contribution in [0.5, 0.6) is 0 Å². The summed E-state index contributed by atoms with van der Waals surface area (Å²) >= 11 is 12.0. The van der Waals surface area contributed by atoms with Gasteiger partial charge in [-0.3, -0.25) is 21.1 Å².